The molecule has 0 saturated carbocycles. The summed E-state index contributed by atoms with van der Waals surface area (Å²) in [5, 5.41) is 31.7. The Morgan fingerprint density at radius 1 is 0.406 bits per heavy atom. The van der Waals surface area contributed by atoms with E-state index in [4.69, 9.17) is 66.1 Å². The first-order valence-corrected chi connectivity index (χ1v) is 44.6. The smallest absolute Gasteiger partial charge is 0.534 e. The van der Waals surface area contributed by atoms with Gasteiger partial charge in [0.15, 0.2) is 5.97 Å². The number of amides is 7. The topological polar surface area (TPSA) is 622 Å². The predicted octanol–water partition coefficient (Wildman–Crippen LogP) is 5.22. The summed E-state index contributed by atoms with van der Waals surface area (Å²) in [5.74, 6) is -7.19. The van der Waals surface area contributed by atoms with E-state index in [0.29, 0.717) is 107 Å². The van der Waals surface area contributed by atoms with Gasteiger partial charge in [-0.2, -0.15) is 53.7 Å². The molecule has 143 heavy (non-hydrogen) atoms. The van der Waals surface area contributed by atoms with Gasteiger partial charge in [-0.1, -0.05) is 6.42 Å². The molecule has 16 N–H and O–H groups in total. The fraction of sp³-hybridized carbons (Fsp3) is 0.723. The minimum atomic E-state index is -5.94. The Balaban J connectivity index is -0.000000118. The summed E-state index contributed by atoms with van der Waals surface area (Å²) in [5.41, 5.74) is -9.78. The van der Waals surface area contributed by atoms with Crippen LogP contribution in [0.2, 0.25) is 12.7 Å². The minimum absolute atomic E-state index is 0. The summed E-state index contributed by atoms with van der Waals surface area (Å²) in [6, 6.07) is 0. The van der Waals surface area contributed by atoms with Gasteiger partial charge in [0.2, 0.25) is 0 Å². The van der Waals surface area contributed by atoms with Gasteiger partial charge >= 0.3 is 80.4 Å². The number of methoxy groups -OCH3 is 5. The van der Waals surface area contributed by atoms with E-state index in [1.54, 1.807) is 133 Å². The van der Waals surface area contributed by atoms with Crippen LogP contribution in [0.5, 0.6) is 0 Å². The molecule has 837 valence electrons. The molecule has 60 heteroatoms. The van der Waals surface area contributed by atoms with Crippen molar-refractivity contribution in [1.29, 1.82) is 0 Å². The van der Waals surface area contributed by atoms with Gasteiger partial charge in [0.05, 0.1) is 47.7 Å². The number of nitrogens with two attached hydrogens (primary N) is 2. The molecular formula is C83H146BF3I4N11O33SW7-6. The van der Waals surface area contributed by atoms with Crippen molar-refractivity contribution in [2.75, 3.05) is 127 Å². The van der Waals surface area contributed by atoms with E-state index in [0.717, 1.165) is 12.0 Å². The molecular weight excluding hydrogens is 3570 g/mol. The first-order chi connectivity index (χ1) is 65.1. The quantitative estimate of drug-likeness (QED) is 0.0214. The monoisotopic (exact) mass is 3740 g/mol. The second-order valence-electron chi connectivity index (χ2n) is 36.0. The number of alkyl halides is 3. The number of hydrogen-bond donors (Lipinski definition) is 8. The van der Waals surface area contributed by atoms with Gasteiger partial charge in [0.25, 0.3) is 29.8 Å². The Morgan fingerprint density at radius 3 is 0.818 bits per heavy atom. The van der Waals surface area contributed by atoms with Gasteiger partial charge in [0.1, 0.15) is 49.2 Å². The molecule has 1 radical (unpaired) electrons. The second-order valence-corrected chi connectivity index (χ2v) is 37.5. The SMILES string of the molecule is CC(C)(C)OC(=O)N1CC[CH-][C@@H](C(=O)O)C1.CC(C)(C)OC(=O)N1CC[CH-][C@@H](C(=O)O)C1.COC(=O)C1=C(OS(=O)(=O)C(F)(F)F)CCN(C(=O)OC(C)(C)C)C1.COC(=O)C1=[C-]CCN(C(=O)OC(C)(C)C)C1.COC(=O)C1[CH-]CCN(C(=O)OC(C)(C)C)C1.COC(=O)C1[CH-]CCN(C(=O)OC(C)(C)C)C1.COC(=O)[C@H]1[CH-]CCN(C(=O)OC(C)(C)C)C1.O[B]O.[3H]N([3H])I.[3H]NI.[3H][NH+]([3H])[3H].[3H][NH+]([3H])[3H].[I-].[I-].[W].[W].[W].[W].[W].[W].[W]. The molecule has 0 aromatic carbocycles. The number of esters is 5. The second kappa shape index (κ2) is 83.3. The average Bonchev–Trinajstić information content (AvgIpc) is 0.793. The zero-order valence-electron chi connectivity index (χ0n) is 93.8. The van der Waals surface area contributed by atoms with Gasteiger partial charge in [-0.3, -0.25) is 37.9 Å². The number of halogens is 7. The number of carboxylic acids is 2. The molecule has 0 spiro atoms. The average molecular weight is 3740 g/mol. The molecule has 7 aliphatic heterocycles. The van der Waals surface area contributed by atoms with Crippen molar-refractivity contribution in [1.82, 2.24) is 46.6 Å². The van der Waals surface area contributed by atoms with Crippen molar-refractivity contribution >= 4 is 148 Å². The molecule has 44 nitrogen and oxygen atoms in total. The Labute approximate surface area is 1020 Å². The molecule has 0 aromatic rings. The third-order valence-electron chi connectivity index (χ3n) is 16.8. The molecule has 5 atom stereocenters. The zero-order valence-corrected chi connectivity index (χ0v) is 115. The maximum atomic E-state index is 12.5. The van der Waals surface area contributed by atoms with E-state index in [1.165, 1.54) is 66.0 Å². The van der Waals surface area contributed by atoms with Crippen LogP contribution in [0.3, 0.4) is 0 Å². The van der Waals surface area contributed by atoms with Gasteiger partial charge in [-0.05, 0) is 208 Å². The molecule has 5 fully saturated rings. The van der Waals surface area contributed by atoms with Gasteiger partial charge in [-0.15, -0.1) is 5.57 Å². The summed E-state index contributed by atoms with van der Waals surface area (Å²) >= 11 is 3.22. The van der Waals surface area contributed by atoms with Crippen molar-refractivity contribution in [3.63, 3.8) is 0 Å². The normalized spacial score (nSPS) is 18.2. The number of likely N-dealkylation sites (tertiary alicyclic amines) is 5. The van der Waals surface area contributed by atoms with Gasteiger partial charge < -0.3 is 213 Å². The molecule has 0 aromatic heterocycles. The van der Waals surface area contributed by atoms with Crippen LogP contribution in [0, 0.1) is 67.8 Å². The fourth-order valence-corrected chi connectivity index (χ4v) is 11.7. The van der Waals surface area contributed by atoms with Crippen molar-refractivity contribution in [3.8, 4) is 0 Å². The third kappa shape index (κ3) is 76.9. The fourth-order valence-electron chi connectivity index (χ4n) is 11.2. The number of aliphatic carboxylic acids is 2. The minimum Gasteiger partial charge on any atom is -1.00 e. The number of ether oxygens (including phenoxy) is 12. The maximum absolute atomic E-state index is 12.5. The van der Waals surface area contributed by atoms with Crippen molar-refractivity contribution in [3.05, 3.63) is 55.1 Å². The van der Waals surface area contributed by atoms with Crippen LogP contribution in [0.4, 0.5) is 46.7 Å². The van der Waals surface area contributed by atoms with Crippen LogP contribution >= 0.6 is 45.7 Å². The summed E-state index contributed by atoms with van der Waals surface area (Å²) in [6.45, 7) is 41.5. The van der Waals surface area contributed by atoms with Crippen LogP contribution in [-0.2, 0) is 252 Å². The first-order valence-electron chi connectivity index (χ1n) is 45.6. The molecule has 7 rings (SSSR count). The van der Waals surface area contributed by atoms with Crippen LogP contribution in [0.15, 0.2) is 16.9 Å². The number of piperidine rings is 5. The summed E-state index contributed by atoms with van der Waals surface area (Å²) < 4.78 is 179. The van der Waals surface area contributed by atoms with Crippen molar-refractivity contribution in [2.45, 2.75) is 235 Å². The number of hydrogen-bond acceptors (Lipinski definition) is 33. The van der Waals surface area contributed by atoms with E-state index < -0.39 is 151 Å². The summed E-state index contributed by atoms with van der Waals surface area (Å²) in [4.78, 5) is 171. The number of carboxylic acid groups (broad SMARTS) is 2. The van der Waals surface area contributed by atoms with Gasteiger partial charge in [-0.25, -0.2) is 38.4 Å². The number of nitrogens with zero attached hydrogens (tertiary/aromatic N) is 7. The maximum Gasteiger partial charge on any atom is 0.534 e. The molecule has 7 amide bonds. The van der Waals surface area contributed by atoms with E-state index in [-0.39, 0.29) is 283 Å². The van der Waals surface area contributed by atoms with E-state index in [2.05, 4.69) is 33.9 Å². The standard InChI is InChI=1S/C13H18F3NO7S.3C12H20NO4.C12H18NO4.2C11H18NO4.BH2O2.2H2IN.2HI.2H3N.7W/c1-12(2,3)23-11(19)17-6-5-9(8(7-17)10(18)22-4)24-25(20,21)13(14,15)16;4*1-12(2,3)17-11(15)13-7-5-6-9(8-13)10(14)16-4;2*1-11(2,3)16-10(15)12-6-4-5-8(7-12)9(13)14;2-1-3;2*1-2;;;;;;;;;;;/h5-7H2,1-4H3;3*6,9H,5,7-8H2,1-4H3;5,7-8H2,1-4H3;2*5,8H,4,6-7H2,1-3H3,(H,13,14);2-3H;2*2H2;2*1H;2*1H3;;;;;;;/q;6*-1;;;;;;;;;;;;;;/t;9-;;;;2*8-;;;;;;;;;;;;;;/m.0...11............../s1/i/hT9. The number of rotatable bonds is 9. The predicted molar refractivity (Wildman–Crippen MR) is 500 cm³/mol. The first kappa shape index (κ1) is 149. The zero-order chi connectivity index (χ0) is 113. The van der Waals surface area contributed by atoms with E-state index in [1.807, 2.05) is 85.5 Å². The number of carbonyl (C=O) groups is 14. The van der Waals surface area contributed by atoms with Crippen LogP contribution in [0.25, 0.3) is 0 Å². The van der Waals surface area contributed by atoms with Crippen LogP contribution in [-0.4, -0.2) is 327 Å². The number of carbonyl (C=O) groups excluding carboxylic acids is 12. The Hall–Kier alpha value is -2.24. The summed E-state index contributed by atoms with van der Waals surface area (Å²) in [6.07, 6.45) is 10.4. The van der Waals surface area contributed by atoms with Gasteiger partial charge in [0, 0.05) is 252 Å². The van der Waals surface area contributed by atoms with E-state index in [9.17, 15) is 88.7 Å². The van der Waals surface area contributed by atoms with Crippen LogP contribution in [0.1, 0.15) is 190 Å². The molecule has 7 heterocycles. The molecule has 0 aliphatic carbocycles. The number of quaternary nitrogens is 2. The third-order valence-corrected chi connectivity index (χ3v) is 17.8. The largest absolute Gasteiger partial charge is 1.00 e. The van der Waals surface area contributed by atoms with E-state index >= 15 is 0 Å². The van der Waals surface area contributed by atoms with Crippen molar-refractivity contribution < 1.29 is 378 Å². The molecule has 2 unspecified atom stereocenters. The molecule has 7 aliphatic rings. The summed E-state index contributed by atoms with van der Waals surface area (Å²) in [7, 11) is 0.375. The Bertz CT molecular complexity index is 3920. The Morgan fingerprint density at radius 2 is 0.615 bits per heavy atom. The Kier molecular flexibility index (Phi) is 86.9. The molecule has 0 bridgehead atoms. The molecule has 5 saturated heterocycles. The van der Waals surface area contributed by atoms with Crippen LogP contribution < -0.4 is 68.1 Å². The van der Waals surface area contributed by atoms with Crippen molar-refractivity contribution in [2.24, 2.45) is 37.5 Å².